The number of benzene rings is 2. The SMILES string of the molecule is CCCn1c(CNC2CCSc3ccccc32)nc2ccccc21. The highest BCUT2D eigenvalue weighted by Gasteiger charge is 2.20. The lowest BCUT2D eigenvalue weighted by Gasteiger charge is -2.26. The van der Waals surface area contributed by atoms with Crippen molar-refractivity contribution >= 4 is 22.8 Å². The van der Waals surface area contributed by atoms with Crippen LogP contribution in [0.3, 0.4) is 0 Å². The molecule has 1 aliphatic rings. The average Bonchev–Trinajstić information content (AvgIpc) is 2.98. The van der Waals surface area contributed by atoms with Crippen molar-refractivity contribution in [2.24, 2.45) is 0 Å². The molecule has 0 saturated heterocycles. The Morgan fingerprint density at radius 2 is 2.00 bits per heavy atom. The molecule has 1 aromatic heterocycles. The first kappa shape index (κ1) is 15.7. The van der Waals surface area contributed by atoms with E-state index >= 15 is 0 Å². The first-order valence-electron chi connectivity index (χ1n) is 8.76. The van der Waals surface area contributed by atoms with Crippen LogP contribution in [0.5, 0.6) is 0 Å². The number of rotatable bonds is 5. The number of nitrogens with zero attached hydrogens (tertiary/aromatic N) is 2. The minimum Gasteiger partial charge on any atom is -0.327 e. The third-order valence-corrected chi connectivity index (χ3v) is 5.77. The Balaban J connectivity index is 1.58. The van der Waals surface area contributed by atoms with Gasteiger partial charge in [0.2, 0.25) is 0 Å². The van der Waals surface area contributed by atoms with Crippen molar-refractivity contribution in [2.45, 2.75) is 43.8 Å². The summed E-state index contributed by atoms with van der Waals surface area (Å²) in [7, 11) is 0. The fourth-order valence-electron chi connectivity index (χ4n) is 3.50. The number of aromatic nitrogens is 2. The lowest BCUT2D eigenvalue weighted by Crippen LogP contribution is -2.25. The summed E-state index contributed by atoms with van der Waals surface area (Å²) in [4.78, 5) is 6.29. The van der Waals surface area contributed by atoms with E-state index in [1.165, 1.54) is 28.1 Å². The van der Waals surface area contributed by atoms with E-state index in [4.69, 9.17) is 4.98 Å². The van der Waals surface area contributed by atoms with E-state index in [1.54, 1.807) is 0 Å². The lowest BCUT2D eigenvalue weighted by molar-refractivity contribution is 0.488. The molecule has 1 aliphatic heterocycles. The largest absolute Gasteiger partial charge is 0.327 e. The van der Waals surface area contributed by atoms with Gasteiger partial charge in [-0.25, -0.2) is 4.98 Å². The molecule has 0 aliphatic carbocycles. The van der Waals surface area contributed by atoms with E-state index in [0.717, 1.165) is 30.9 Å². The highest BCUT2D eigenvalue weighted by atomic mass is 32.2. The summed E-state index contributed by atoms with van der Waals surface area (Å²) in [5.74, 6) is 2.33. The minimum atomic E-state index is 0.428. The summed E-state index contributed by atoms with van der Waals surface area (Å²) in [6, 6.07) is 17.7. The molecule has 4 heteroatoms. The Morgan fingerprint density at radius 1 is 1.17 bits per heavy atom. The van der Waals surface area contributed by atoms with Crippen LogP contribution in [0.15, 0.2) is 53.4 Å². The van der Waals surface area contributed by atoms with Gasteiger partial charge < -0.3 is 9.88 Å². The predicted molar refractivity (Wildman–Crippen MR) is 101 cm³/mol. The number of aryl methyl sites for hydroxylation is 1. The molecule has 1 unspecified atom stereocenters. The zero-order chi connectivity index (χ0) is 16.4. The molecule has 3 nitrogen and oxygen atoms in total. The Morgan fingerprint density at radius 3 is 2.92 bits per heavy atom. The Hall–Kier alpha value is -1.78. The van der Waals surface area contributed by atoms with Crippen LogP contribution >= 0.6 is 11.8 Å². The van der Waals surface area contributed by atoms with Crippen LogP contribution in [0.1, 0.15) is 37.2 Å². The van der Waals surface area contributed by atoms with Gasteiger partial charge in [0.05, 0.1) is 17.6 Å². The van der Waals surface area contributed by atoms with Crippen molar-refractivity contribution in [3.05, 3.63) is 59.9 Å². The van der Waals surface area contributed by atoms with Gasteiger partial charge in [-0.3, -0.25) is 0 Å². The monoisotopic (exact) mass is 337 g/mol. The molecule has 124 valence electrons. The van der Waals surface area contributed by atoms with Crippen LogP contribution < -0.4 is 5.32 Å². The van der Waals surface area contributed by atoms with Crippen molar-refractivity contribution < 1.29 is 0 Å². The van der Waals surface area contributed by atoms with Gasteiger partial charge in [0.1, 0.15) is 5.82 Å². The first-order chi connectivity index (χ1) is 11.9. The van der Waals surface area contributed by atoms with Crippen LogP contribution in [-0.2, 0) is 13.1 Å². The van der Waals surface area contributed by atoms with Crippen LogP contribution in [0.25, 0.3) is 11.0 Å². The van der Waals surface area contributed by atoms with Gasteiger partial charge in [0.25, 0.3) is 0 Å². The molecule has 0 radical (unpaired) electrons. The molecule has 2 heterocycles. The quantitative estimate of drug-likeness (QED) is 0.727. The highest BCUT2D eigenvalue weighted by Crippen LogP contribution is 2.35. The number of hydrogen-bond donors (Lipinski definition) is 1. The van der Waals surface area contributed by atoms with Gasteiger partial charge in [-0.2, -0.15) is 0 Å². The molecule has 24 heavy (non-hydrogen) atoms. The minimum absolute atomic E-state index is 0.428. The van der Waals surface area contributed by atoms with Crippen LogP contribution in [0, 0.1) is 0 Å². The van der Waals surface area contributed by atoms with E-state index < -0.39 is 0 Å². The van der Waals surface area contributed by atoms with Gasteiger partial charge in [-0.15, -0.1) is 11.8 Å². The molecule has 0 saturated carbocycles. The number of para-hydroxylation sites is 2. The normalized spacial score (nSPS) is 17.1. The maximum Gasteiger partial charge on any atom is 0.123 e. The first-order valence-corrected chi connectivity index (χ1v) is 9.74. The summed E-state index contributed by atoms with van der Waals surface area (Å²) >= 11 is 1.97. The summed E-state index contributed by atoms with van der Waals surface area (Å²) < 4.78 is 2.37. The maximum atomic E-state index is 4.87. The zero-order valence-electron chi connectivity index (χ0n) is 14.0. The van der Waals surface area contributed by atoms with Crippen molar-refractivity contribution in [3.8, 4) is 0 Å². The number of imidazole rings is 1. The van der Waals surface area contributed by atoms with Crippen molar-refractivity contribution in [3.63, 3.8) is 0 Å². The zero-order valence-corrected chi connectivity index (χ0v) is 14.9. The summed E-state index contributed by atoms with van der Waals surface area (Å²) in [6.45, 7) is 4.06. The van der Waals surface area contributed by atoms with E-state index in [1.807, 2.05) is 11.8 Å². The van der Waals surface area contributed by atoms with Crippen LogP contribution in [-0.4, -0.2) is 15.3 Å². The second kappa shape index (κ2) is 6.99. The predicted octanol–water partition coefficient (Wildman–Crippen LogP) is 4.77. The highest BCUT2D eigenvalue weighted by molar-refractivity contribution is 7.99. The van der Waals surface area contributed by atoms with Crippen LogP contribution in [0.4, 0.5) is 0 Å². The Kier molecular flexibility index (Phi) is 4.58. The summed E-state index contributed by atoms with van der Waals surface area (Å²) in [5.41, 5.74) is 3.78. The van der Waals surface area contributed by atoms with Gasteiger partial charge in [-0.1, -0.05) is 37.3 Å². The van der Waals surface area contributed by atoms with Gasteiger partial charge >= 0.3 is 0 Å². The third kappa shape index (κ3) is 2.96. The second-order valence-corrected chi connectivity index (χ2v) is 7.41. The molecule has 2 aromatic carbocycles. The van der Waals surface area contributed by atoms with Crippen molar-refractivity contribution in [1.29, 1.82) is 0 Å². The van der Waals surface area contributed by atoms with E-state index in [0.29, 0.717) is 6.04 Å². The molecule has 0 amide bonds. The average molecular weight is 337 g/mol. The third-order valence-electron chi connectivity index (χ3n) is 4.65. The Labute approximate surface area is 147 Å². The fourth-order valence-corrected chi connectivity index (χ4v) is 4.63. The lowest BCUT2D eigenvalue weighted by atomic mass is 10.0. The molecule has 0 spiro atoms. The van der Waals surface area contributed by atoms with E-state index in [9.17, 15) is 0 Å². The van der Waals surface area contributed by atoms with Crippen molar-refractivity contribution in [2.75, 3.05) is 5.75 Å². The molecular weight excluding hydrogens is 314 g/mol. The molecule has 1 atom stereocenters. The molecular formula is C20H23N3S. The smallest absolute Gasteiger partial charge is 0.123 e. The number of fused-ring (bicyclic) bond motifs is 2. The van der Waals surface area contributed by atoms with Gasteiger partial charge in [0, 0.05) is 17.5 Å². The Bertz CT molecular complexity index is 840. The fraction of sp³-hybridized carbons (Fsp3) is 0.350. The molecule has 3 aromatic rings. The number of hydrogen-bond acceptors (Lipinski definition) is 3. The van der Waals surface area contributed by atoms with Gasteiger partial charge in [0.15, 0.2) is 0 Å². The standard InChI is InChI=1S/C20H23N3S/c1-2-12-23-18-9-5-4-8-17(18)22-20(23)14-21-16-11-13-24-19-10-6-3-7-15(16)19/h3-10,16,21H,2,11-14H2,1H3. The molecule has 0 bridgehead atoms. The maximum absolute atomic E-state index is 4.87. The van der Waals surface area contributed by atoms with E-state index in [2.05, 4.69) is 65.3 Å². The second-order valence-electron chi connectivity index (χ2n) is 6.28. The van der Waals surface area contributed by atoms with E-state index in [-0.39, 0.29) is 0 Å². The summed E-state index contributed by atoms with van der Waals surface area (Å²) in [6.07, 6.45) is 2.30. The molecule has 0 fully saturated rings. The van der Waals surface area contributed by atoms with Gasteiger partial charge in [-0.05, 0) is 42.4 Å². The topological polar surface area (TPSA) is 29.9 Å². The molecule has 4 rings (SSSR count). The summed E-state index contributed by atoms with van der Waals surface area (Å²) in [5, 5.41) is 3.76. The number of nitrogens with one attached hydrogen (secondary N) is 1. The van der Waals surface area contributed by atoms with Crippen LogP contribution in [0.2, 0.25) is 0 Å². The molecule has 1 N–H and O–H groups in total. The van der Waals surface area contributed by atoms with Crippen molar-refractivity contribution in [1.82, 2.24) is 14.9 Å². The number of thioether (sulfide) groups is 1.